The van der Waals surface area contributed by atoms with Crippen LogP contribution in [-0.2, 0) is 13.1 Å². The van der Waals surface area contributed by atoms with E-state index in [2.05, 4.69) is 38.0 Å². The van der Waals surface area contributed by atoms with Crippen LogP contribution < -0.4 is 4.74 Å². The lowest BCUT2D eigenvalue weighted by Gasteiger charge is -2.32. The molecule has 30 heavy (non-hydrogen) atoms. The molecule has 0 saturated carbocycles. The minimum atomic E-state index is -0.0347. The minimum absolute atomic E-state index is 0.0347. The van der Waals surface area contributed by atoms with Gasteiger partial charge in [-0.1, -0.05) is 17.3 Å². The van der Waals surface area contributed by atoms with Crippen molar-refractivity contribution in [2.45, 2.75) is 25.9 Å². The number of carbonyl (C=O) groups is 1. The van der Waals surface area contributed by atoms with Crippen molar-refractivity contribution in [3.05, 3.63) is 59.7 Å². The van der Waals surface area contributed by atoms with Crippen LogP contribution in [0.2, 0.25) is 0 Å². The maximum absolute atomic E-state index is 12.5. The van der Waals surface area contributed by atoms with Gasteiger partial charge in [0.1, 0.15) is 12.0 Å². The van der Waals surface area contributed by atoms with Crippen LogP contribution in [0.4, 0.5) is 0 Å². The average Bonchev–Trinajstić information content (AvgIpc) is 3.47. The number of amides is 1. The van der Waals surface area contributed by atoms with Crippen LogP contribution in [0.25, 0.3) is 0 Å². The molecule has 1 aliphatic rings. The lowest BCUT2D eigenvalue weighted by atomic mass is 9.98. The van der Waals surface area contributed by atoms with Gasteiger partial charge >= 0.3 is 0 Å². The van der Waals surface area contributed by atoms with Crippen molar-refractivity contribution in [3.8, 4) is 5.75 Å². The molecule has 2 aromatic heterocycles. The highest BCUT2D eigenvalue weighted by Gasteiger charge is 2.26. The quantitative estimate of drug-likeness (QED) is 0.546. The first-order valence-electron chi connectivity index (χ1n) is 10.0. The summed E-state index contributed by atoms with van der Waals surface area (Å²) >= 11 is 1.06. The zero-order valence-electron chi connectivity index (χ0n) is 16.9. The molecule has 1 saturated heterocycles. The molecule has 0 bridgehead atoms. The van der Waals surface area contributed by atoms with E-state index in [0.29, 0.717) is 24.8 Å². The lowest BCUT2D eigenvalue weighted by Crippen LogP contribution is -2.41. The summed E-state index contributed by atoms with van der Waals surface area (Å²) in [6.07, 6.45) is 5.17. The monoisotopic (exact) mass is 427 g/mol. The standard InChI is InChI=1S/C21H25N5O3S/c1-25(14-18-8-10-29-23-18)12-16-4-6-19(7-5-16)28-15-17-3-2-9-26(13-17)21(27)20-11-22-30-24-20/h4-8,10-11,17H,2-3,9,12-15H2,1H3. The number of benzene rings is 1. The van der Waals surface area contributed by atoms with E-state index in [4.69, 9.17) is 9.26 Å². The third-order valence-corrected chi connectivity index (χ3v) is 5.65. The normalized spacial score (nSPS) is 16.7. The van der Waals surface area contributed by atoms with E-state index in [1.807, 2.05) is 23.1 Å². The average molecular weight is 428 g/mol. The van der Waals surface area contributed by atoms with E-state index in [0.717, 1.165) is 55.6 Å². The highest BCUT2D eigenvalue weighted by molar-refractivity contribution is 6.99. The van der Waals surface area contributed by atoms with Crippen LogP contribution in [0.1, 0.15) is 34.6 Å². The number of ether oxygens (including phenoxy) is 1. The molecule has 1 unspecified atom stereocenters. The van der Waals surface area contributed by atoms with Crippen LogP contribution in [-0.4, -0.2) is 56.4 Å². The molecule has 8 nitrogen and oxygen atoms in total. The molecular weight excluding hydrogens is 402 g/mol. The fraction of sp³-hybridized carbons (Fsp3) is 0.429. The number of nitrogens with zero attached hydrogens (tertiary/aromatic N) is 5. The number of hydrogen-bond acceptors (Lipinski definition) is 8. The second-order valence-electron chi connectivity index (χ2n) is 7.67. The largest absolute Gasteiger partial charge is 0.493 e. The van der Waals surface area contributed by atoms with Gasteiger partial charge in [0.15, 0.2) is 5.69 Å². The van der Waals surface area contributed by atoms with E-state index in [9.17, 15) is 4.79 Å². The lowest BCUT2D eigenvalue weighted by molar-refractivity contribution is 0.0628. The Bertz CT molecular complexity index is 915. The van der Waals surface area contributed by atoms with Crippen LogP contribution in [0.5, 0.6) is 5.75 Å². The molecule has 0 radical (unpaired) electrons. The van der Waals surface area contributed by atoms with Crippen LogP contribution in [0.3, 0.4) is 0 Å². The molecule has 3 aromatic rings. The molecule has 1 atom stereocenters. The van der Waals surface area contributed by atoms with Crippen LogP contribution in [0.15, 0.2) is 47.3 Å². The summed E-state index contributed by atoms with van der Waals surface area (Å²) in [6, 6.07) is 10.1. The second-order valence-corrected chi connectivity index (χ2v) is 8.23. The van der Waals surface area contributed by atoms with Gasteiger partial charge in [0, 0.05) is 38.2 Å². The maximum atomic E-state index is 12.5. The van der Waals surface area contributed by atoms with Gasteiger partial charge in [-0.15, -0.1) is 0 Å². The first-order chi connectivity index (χ1) is 14.7. The Morgan fingerprint density at radius 3 is 2.90 bits per heavy atom. The number of piperidine rings is 1. The molecule has 1 aliphatic heterocycles. The summed E-state index contributed by atoms with van der Waals surface area (Å²) in [7, 11) is 2.05. The van der Waals surface area contributed by atoms with Gasteiger partial charge in [0.05, 0.1) is 30.2 Å². The van der Waals surface area contributed by atoms with Crippen molar-refractivity contribution in [2.75, 3.05) is 26.7 Å². The molecule has 1 aromatic carbocycles. The number of rotatable bonds is 8. The Hall–Kier alpha value is -2.78. The van der Waals surface area contributed by atoms with Gasteiger partial charge in [-0.3, -0.25) is 9.69 Å². The maximum Gasteiger partial charge on any atom is 0.275 e. The first-order valence-corrected chi connectivity index (χ1v) is 10.8. The Morgan fingerprint density at radius 1 is 1.30 bits per heavy atom. The summed E-state index contributed by atoms with van der Waals surface area (Å²) in [6.45, 7) is 3.62. The summed E-state index contributed by atoms with van der Waals surface area (Å²) in [5.74, 6) is 1.14. The topological polar surface area (TPSA) is 84.6 Å². The van der Waals surface area contributed by atoms with E-state index >= 15 is 0 Å². The van der Waals surface area contributed by atoms with E-state index in [1.54, 1.807) is 6.26 Å². The Kier molecular flexibility index (Phi) is 6.70. The Labute approximate surface area is 179 Å². The number of likely N-dealkylation sites (tertiary alicyclic amines) is 1. The number of carbonyl (C=O) groups excluding carboxylic acids is 1. The fourth-order valence-corrected chi connectivity index (χ4v) is 4.08. The molecule has 1 amide bonds. The van der Waals surface area contributed by atoms with Gasteiger partial charge in [0.25, 0.3) is 5.91 Å². The van der Waals surface area contributed by atoms with Gasteiger partial charge < -0.3 is 14.2 Å². The van der Waals surface area contributed by atoms with Crippen molar-refractivity contribution < 1.29 is 14.1 Å². The molecule has 0 spiro atoms. The van der Waals surface area contributed by atoms with Crippen LogP contribution in [0, 0.1) is 5.92 Å². The highest BCUT2D eigenvalue weighted by atomic mass is 32.1. The number of hydrogen-bond donors (Lipinski definition) is 0. The van der Waals surface area contributed by atoms with Crippen molar-refractivity contribution in [2.24, 2.45) is 5.92 Å². The van der Waals surface area contributed by atoms with E-state index < -0.39 is 0 Å². The summed E-state index contributed by atoms with van der Waals surface area (Å²) < 4.78 is 18.9. The van der Waals surface area contributed by atoms with Crippen molar-refractivity contribution in [1.29, 1.82) is 0 Å². The zero-order chi connectivity index (χ0) is 20.8. The van der Waals surface area contributed by atoms with E-state index in [1.165, 1.54) is 11.8 Å². The summed E-state index contributed by atoms with van der Waals surface area (Å²) in [5.41, 5.74) is 2.56. The molecule has 0 aliphatic carbocycles. The van der Waals surface area contributed by atoms with Crippen molar-refractivity contribution in [1.82, 2.24) is 23.7 Å². The van der Waals surface area contributed by atoms with Crippen molar-refractivity contribution >= 4 is 17.6 Å². The third-order valence-electron chi connectivity index (χ3n) is 5.17. The third kappa shape index (κ3) is 5.43. The van der Waals surface area contributed by atoms with Gasteiger partial charge in [0.2, 0.25) is 0 Å². The van der Waals surface area contributed by atoms with Gasteiger partial charge in [-0.2, -0.15) is 8.75 Å². The SMILES string of the molecule is CN(Cc1ccc(OCC2CCCN(C(=O)c3cnsn3)C2)cc1)Cc1ccon1. The van der Waals surface area contributed by atoms with E-state index in [-0.39, 0.29) is 5.91 Å². The molecule has 0 N–H and O–H groups in total. The smallest absolute Gasteiger partial charge is 0.275 e. The van der Waals surface area contributed by atoms with Gasteiger partial charge in [-0.05, 0) is 37.6 Å². The second kappa shape index (κ2) is 9.82. The van der Waals surface area contributed by atoms with Crippen molar-refractivity contribution in [3.63, 3.8) is 0 Å². The Morgan fingerprint density at radius 2 is 2.17 bits per heavy atom. The first kappa shape index (κ1) is 20.5. The molecular formula is C21H25N5O3S. The summed E-state index contributed by atoms with van der Waals surface area (Å²) in [5, 5.41) is 3.94. The zero-order valence-corrected chi connectivity index (χ0v) is 17.8. The predicted octanol–water partition coefficient (Wildman–Crippen LogP) is 3.09. The molecule has 9 heteroatoms. The fourth-order valence-electron chi connectivity index (χ4n) is 3.67. The molecule has 4 rings (SSSR count). The highest BCUT2D eigenvalue weighted by Crippen LogP contribution is 2.21. The number of aromatic nitrogens is 3. The van der Waals surface area contributed by atoms with Crippen LogP contribution >= 0.6 is 11.7 Å². The molecule has 1 fully saturated rings. The Balaban J connectivity index is 1.24. The minimum Gasteiger partial charge on any atom is -0.493 e. The summed E-state index contributed by atoms with van der Waals surface area (Å²) in [4.78, 5) is 16.5. The predicted molar refractivity (Wildman–Crippen MR) is 112 cm³/mol. The van der Waals surface area contributed by atoms with Gasteiger partial charge in [-0.25, -0.2) is 0 Å². The molecule has 3 heterocycles. The molecule has 158 valence electrons.